The Bertz CT molecular complexity index is 578. The standard InChI is InChI=1S/C17H23N3O/c1-18-17(20-14-7-3-4-8-14)19-11-10-15-12-13-6-2-5-9-16(13)21-15/h2,5-6,9,12,14H,3-4,7-8,10-11H2,1H3,(H2,18,19,20). The number of guanidine groups is 1. The second-order valence-electron chi connectivity index (χ2n) is 5.63. The highest BCUT2D eigenvalue weighted by Gasteiger charge is 2.15. The topological polar surface area (TPSA) is 49.6 Å². The highest BCUT2D eigenvalue weighted by Crippen LogP contribution is 2.19. The molecule has 1 heterocycles. The van der Waals surface area contributed by atoms with Gasteiger partial charge in [-0.2, -0.15) is 0 Å². The lowest BCUT2D eigenvalue weighted by Crippen LogP contribution is -2.42. The molecule has 1 aromatic heterocycles. The minimum atomic E-state index is 0.586. The molecule has 0 aliphatic heterocycles. The van der Waals surface area contributed by atoms with Crippen LogP contribution < -0.4 is 10.6 Å². The molecule has 1 aliphatic carbocycles. The number of benzene rings is 1. The number of nitrogens with zero attached hydrogens (tertiary/aromatic N) is 1. The van der Waals surface area contributed by atoms with E-state index in [0.29, 0.717) is 6.04 Å². The van der Waals surface area contributed by atoms with Gasteiger partial charge in [-0.1, -0.05) is 31.0 Å². The van der Waals surface area contributed by atoms with Crippen LogP contribution in [0.3, 0.4) is 0 Å². The second-order valence-corrected chi connectivity index (χ2v) is 5.63. The maximum Gasteiger partial charge on any atom is 0.191 e. The third-order valence-electron chi connectivity index (χ3n) is 4.06. The van der Waals surface area contributed by atoms with Crippen LogP contribution in [-0.4, -0.2) is 25.6 Å². The first-order chi connectivity index (χ1) is 10.3. The van der Waals surface area contributed by atoms with Crippen LogP contribution in [0.2, 0.25) is 0 Å². The fourth-order valence-corrected chi connectivity index (χ4v) is 2.92. The molecule has 0 unspecified atom stereocenters. The number of nitrogens with one attached hydrogen (secondary N) is 2. The van der Waals surface area contributed by atoms with Crippen molar-refractivity contribution in [3.8, 4) is 0 Å². The van der Waals surface area contributed by atoms with E-state index in [1.165, 1.54) is 31.1 Å². The van der Waals surface area contributed by atoms with E-state index in [-0.39, 0.29) is 0 Å². The van der Waals surface area contributed by atoms with Gasteiger partial charge < -0.3 is 15.1 Å². The average Bonchev–Trinajstić information content (AvgIpc) is 3.14. The number of hydrogen-bond donors (Lipinski definition) is 2. The van der Waals surface area contributed by atoms with E-state index < -0.39 is 0 Å². The fourth-order valence-electron chi connectivity index (χ4n) is 2.92. The van der Waals surface area contributed by atoms with Crippen LogP contribution in [0.1, 0.15) is 31.4 Å². The summed E-state index contributed by atoms with van der Waals surface area (Å²) in [6.07, 6.45) is 6.02. The molecule has 0 radical (unpaired) electrons. The number of para-hydroxylation sites is 1. The summed E-state index contributed by atoms with van der Waals surface area (Å²) in [7, 11) is 1.82. The van der Waals surface area contributed by atoms with Gasteiger partial charge >= 0.3 is 0 Å². The number of hydrogen-bond acceptors (Lipinski definition) is 2. The summed E-state index contributed by atoms with van der Waals surface area (Å²) in [4.78, 5) is 4.29. The third kappa shape index (κ3) is 3.57. The van der Waals surface area contributed by atoms with Gasteiger partial charge in [-0.25, -0.2) is 0 Å². The van der Waals surface area contributed by atoms with Gasteiger partial charge in [0.05, 0.1) is 0 Å². The van der Waals surface area contributed by atoms with Crippen molar-refractivity contribution in [3.63, 3.8) is 0 Å². The quantitative estimate of drug-likeness (QED) is 0.670. The Morgan fingerprint density at radius 3 is 2.86 bits per heavy atom. The highest BCUT2D eigenvalue weighted by atomic mass is 16.3. The van der Waals surface area contributed by atoms with Gasteiger partial charge in [0, 0.05) is 31.4 Å². The molecule has 0 saturated heterocycles. The highest BCUT2D eigenvalue weighted by molar-refractivity contribution is 5.80. The monoisotopic (exact) mass is 285 g/mol. The molecule has 1 fully saturated rings. The van der Waals surface area contributed by atoms with Gasteiger partial charge in [0.15, 0.2) is 5.96 Å². The largest absolute Gasteiger partial charge is 0.461 e. The van der Waals surface area contributed by atoms with Crippen molar-refractivity contribution >= 4 is 16.9 Å². The molecular weight excluding hydrogens is 262 g/mol. The first-order valence-corrected chi connectivity index (χ1v) is 7.80. The zero-order chi connectivity index (χ0) is 14.5. The molecule has 1 aromatic carbocycles. The molecule has 21 heavy (non-hydrogen) atoms. The van der Waals surface area contributed by atoms with Crippen LogP contribution in [0.15, 0.2) is 39.7 Å². The molecule has 0 atom stereocenters. The summed E-state index contributed by atoms with van der Waals surface area (Å²) in [5.41, 5.74) is 0.959. The van der Waals surface area contributed by atoms with Crippen molar-refractivity contribution in [2.24, 2.45) is 4.99 Å². The Morgan fingerprint density at radius 2 is 2.10 bits per heavy atom. The van der Waals surface area contributed by atoms with Gasteiger partial charge in [-0.15, -0.1) is 0 Å². The normalized spacial score (nSPS) is 16.5. The minimum Gasteiger partial charge on any atom is -0.461 e. The predicted molar refractivity (Wildman–Crippen MR) is 86.7 cm³/mol. The van der Waals surface area contributed by atoms with E-state index in [1.54, 1.807) is 0 Å². The average molecular weight is 285 g/mol. The maximum absolute atomic E-state index is 5.82. The lowest BCUT2D eigenvalue weighted by atomic mass is 10.2. The van der Waals surface area contributed by atoms with Crippen molar-refractivity contribution in [2.45, 2.75) is 38.1 Å². The Labute approximate surface area is 125 Å². The van der Waals surface area contributed by atoms with E-state index >= 15 is 0 Å². The smallest absolute Gasteiger partial charge is 0.191 e. The van der Waals surface area contributed by atoms with Gasteiger partial charge in [-0.05, 0) is 25.0 Å². The third-order valence-corrected chi connectivity index (χ3v) is 4.06. The summed E-state index contributed by atoms with van der Waals surface area (Å²) in [5.74, 6) is 1.91. The zero-order valence-corrected chi connectivity index (χ0v) is 12.6. The van der Waals surface area contributed by atoms with Crippen molar-refractivity contribution < 1.29 is 4.42 Å². The molecule has 0 spiro atoms. The van der Waals surface area contributed by atoms with Gasteiger partial charge in [-0.3, -0.25) is 4.99 Å². The van der Waals surface area contributed by atoms with Gasteiger partial charge in [0.1, 0.15) is 11.3 Å². The molecule has 4 heteroatoms. The van der Waals surface area contributed by atoms with Gasteiger partial charge in [0.25, 0.3) is 0 Å². The van der Waals surface area contributed by atoms with Crippen LogP contribution in [0.5, 0.6) is 0 Å². The summed E-state index contributed by atoms with van der Waals surface area (Å²) in [5, 5.41) is 8.02. The SMILES string of the molecule is CN=C(NCCc1cc2ccccc2o1)NC1CCCC1. The van der Waals surface area contributed by atoms with Gasteiger partial charge in [0.2, 0.25) is 0 Å². The minimum absolute atomic E-state index is 0.586. The van der Waals surface area contributed by atoms with E-state index in [0.717, 1.165) is 30.3 Å². The lowest BCUT2D eigenvalue weighted by molar-refractivity contribution is 0.542. The Hall–Kier alpha value is -1.97. The molecule has 0 amide bonds. The molecule has 4 nitrogen and oxygen atoms in total. The van der Waals surface area contributed by atoms with Crippen LogP contribution in [0.4, 0.5) is 0 Å². The van der Waals surface area contributed by atoms with E-state index in [2.05, 4.69) is 27.8 Å². The molecule has 112 valence electrons. The van der Waals surface area contributed by atoms with Crippen molar-refractivity contribution in [2.75, 3.05) is 13.6 Å². The second kappa shape index (κ2) is 6.66. The molecule has 1 saturated carbocycles. The maximum atomic E-state index is 5.82. The molecule has 2 aromatic rings. The lowest BCUT2D eigenvalue weighted by Gasteiger charge is -2.16. The summed E-state index contributed by atoms with van der Waals surface area (Å²) < 4.78 is 5.82. The Balaban J connectivity index is 1.50. The Morgan fingerprint density at radius 1 is 1.29 bits per heavy atom. The number of fused-ring (bicyclic) bond motifs is 1. The van der Waals surface area contributed by atoms with Crippen LogP contribution in [-0.2, 0) is 6.42 Å². The van der Waals surface area contributed by atoms with Crippen molar-refractivity contribution in [3.05, 3.63) is 36.1 Å². The summed E-state index contributed by atoms with van der Waals surface area (Å²) in [6, 6.07) is 10.8. The molecule has 1 aliphatic rings. The molecule has 3 rings (SSSR count). The molecular formula is C17H23N3O. The number of furan rings is 1. The van der Waals surface area contributed by atoms with E-state index in [9.17, 15) is 0 Å². The van der Waals surface area contributed by atoms with Crippen molar-refractivity contribution in [1.29, 1.82) is 0 Å². The van der Waals surface area contributed by atoms with Crippen LogP contribution >= 0.6 is 0 Å². The van der Waals surface area contributed by atoms with E-state index in [4.69, 9.17) is 4.42 Å². The Kier molecular flexibility index (Phi) is 4.43. The summed E-state index contributed by atoms with van der Waals surface area (Å²) >= 11 is 0. The van der Waals surface area contributed by atoms with Crippen molar-refractivity contribution in [1.82, 2.24) is 10.6 Å². The zero-order valence-electron chi connectivity index (χ0n) is 12.6. The molecule has 2 N–H and O–H groups in total. The van der Waals surface area contributed by atoms with Crippen LogP contribution in [0.25, 0.3) is 11.0 Å². The van der Waals surface area contributed by atoms with Crippen LogP contribution in [0, 0.1) is 0 Å². The predicted octanol–water partition coefficient (Wildman–Crippen LogP) is 3.08. The number of rotatable bonds is 4. The first kappa shape index (κ1) is 14.0. The van der Waals surface area contributed by atoms with E-state index in [1.807, 2.05) is 25.2 Å². The summed E-state index contributed by atoms with van der Waals surface area (Å²) in [6.45, 7) is 0.826. The fraction of sp³-hybridized carbons (Fsp3) is 0.471. The number of aliphatic imine (C=N–C) groups is 1. The molecule has 0 bridgehead atoms. The first-order valence-electron chi connectivity index (χ1n) is 7.80.